The topological polar surface area (TPSA) is 68.0 Å². The first kappa shape index (κ1) is 17.5. The van der Waals surface area contributed by atoms with Gasteiger partial charge in [-0.1, -0.05) is 35.5 Å². The fourth-order valence-corrected chi connectivity index (χ4v) is 3.51. The van der Waals surface area contributed by atoms with E-state index in [2.05, 4.69) is 27.6 Å². The summed E-state index contributed by atoms with van der Waals surface area (Å²) in [5, 5.41) is 12.3. The van der Waals surface area contributed by atoms with Crippen molar-refractivity contribution in [2.75, 3.05) is 5.32 Å². The number of hydrogen-bond acceptors (Lipinski definition) is 5. The number of anilines is 1. The van der Waals surface area contributed by atoms with Crippen LogP contribution in [0.25, 0.3) is 11.5 Å². The molecule has 0 bridgehead atoms. The highest BCUT2D eigenvalue weighted by molar-refractivity contribution is 7.78. The monoisotopic (exact) mass is 377 g/mol. The molecule has 1 heterocycles. The Kier molecular flexibility index (Phi) is 5.07. The minimum atomic E-state index is -0.287. The highest BCUT2D eigenvalue weighted by Crippen LogP contribution is 2.27. The van der Waals surface area contributed by atoms with Crippen molar-refractivity contribution in [3.8, 4) is 11.5 Å². The number of thiocarbonyl (C=S) groups is 1. The van der Waals surface area contributed by atoms with Crippen molar-refractivity contribution in [3.05, 3.63) is 64.7 Å². The van der Waals surface area contributed by atoms with E-state index in [4.69, 9.17) is 16.6 Å². The number of hydrogen-bond donors (Lipinski definition) is 1. The van der Waals surface area contributed by atoms with Crippen molar-refractivity contribution in [1.29, 1.82) is 0 Å². The van der Waals surface area contributed by atoms with E-state index in [1.807, 2.05) is 18.2 Å². The Morgan fingerprint density at radius 2 is 1.85 bits per heavy atom. The zero-order valence-corrected chi connectivity index (χ0v) is 15.6. The second kappa shape index (κ2) is 7.80. The van der Waals surface area contributed by atoms with Crippen LogP contribution in [0.5, 0.6) is 0 Å². The van der Waals surface area contributed by atoms with Gasteiger partial charge in [0.15, 0.2) is 0 Å². The maximum Gasteiger partial charge on any atom is 0.322 e. The summed E-state index contributed by atoms with van der Waals surface area (Å²) in [5.74, 6) is 0.125. The molecule has 1 N–H and O–H groups in total. The predicted molar refractivity (Wildman–Crippen MR) is 108 cm³/mol. The third kappa shape index (κ3) is 3.95. The molecule has 0 spiro atoms. The smallest absolute Gasteiger partial charge is 0.322 e. The van der Waals surface area contributed by atoms with Gasteiger partial charge in [-0.3, -0.25) is 10.1 Å². The average Bonchev–Trinajstić information content (AvgIpc) is 3.17. The lowest BCUT2D eigenvalue weighted by Gasteiger charge is -2.15. The molecule has 27 heavy (non-hydrogen) atoms. The third-order valence-electron chi connectivity index (χ3n) is 4.78. The highest BCUT2D eigenvalue weighted by Gasteiger charge is 2.15. The molecule has 136 valence electrons. The molecular weight excluding hydrogens is 358 g/mol. The van der Waals surface area contributed by atoms with Gasteiger partial charge < -0.3 is 4.42 Å². The Morgan fingerprint density at radius 3 is 2.63 bits per heavy atom. The number of rotatable bonds is 5. The van der Waals surface area contributed by atoms with Gasteiger partial charge in [-0.2, -0.15) is 0 Å². The Morgan fingerprint density at radius 1 is 1.07 bits per heavy atom. The van der Waals surface area contributed by atoms with Crippen molar-refractivity contribution < 1.29 is 9.21 Å². The summed E-state index contributed by atoms with van der Waals surface area (Å²) in [6.07, 6.45) is 5.37. The quantitative estimate of drug-likeness (QED) is 0.667. The lowest BCUT2D eigenvalue weighted by atomic mass is 9.90. The van der Waals surface area contributed by atoms with Crippen LogP contribution in [0.15, 0.2) is 46.9 Å². The van der Waals surface area contributed by atoms with Crippen molar-refractivity contribution in [1.82, 2.24) is 10.2 Å². The molecule has 0 atom stereocenters. The van der Waals surface area contributed by atoms with Crippen molar-refractivity contribution in [2.45, 2.75) is 32.1 Å². The Bertz CT molecular complexity index is 979. The second-order valence-electron chi connectivity index (χ2n) is 6.62. The molecule has 0 unspecified atom stereocenters. The summed E-state index contributed by atoms with van der Waals surface area (Å²) in [6.45, 7) is 0. The summed E-state index contributed by atoms with van der Waals surface area (Å²) >= 11 is 4.85. The van der Waals surface area contributed by atoms with Crippen LogP contribution in [0.4, 0.5) is 6.01 Å². The molecule has 6 heteroatoms. The van der Waals surface area contributed by atoms with Crippen molar-refractivity contribution in [3.63, 3.8) is 0 Å². The molecule has 4 rings (SSSR count). The standard InChI is InChI=1S/C21H19N3O2S/c25-19(16-7-5-14(6-8-16)11-12-27)22-21-24-23-20(26-21)18-10-9-15-3-1-2-4-17(15)13-18/h5-10,12-13H,1-4,11H2,(H,22,24,25). The van der Waals surface area contributed by atoms with Crippen LogP contribution >= 0.6 is 12.2 Å². The minimum absolute atomic E-state index is 0.0932. The first-order valence-corrected chi connectivity index (χ1v) is 9.50. The third-order valence-corrected chi connectivity index (χ3v) is 4.94. The molecule has 0 radical (unpaired) electrons. The van der Waals surface area contributed by atoms with Gasteiger partial charge in [-0.05, 0) is 72.0 Å². The van der Waals surface area contributed by atoms with Crippen LogP contribution in [0, 0.1) is 0 Å². The molecule has 1 aliphatic carbocycles. The largest absolute Gasteiger partial charge is 0.403 e. The summed E-state index contributed by atoms with van der Waals surface area (Å²) in [6, 6.07) is 13.6. The van der Waals surface area contributed by atoms with Crippen LogP contribution in [0.2, 0.25) is 0 Å². The number of benzene rings is 2. The first-order valence-electron chi connectivity index (χ1n) is 9.02. The number of fused-ring (bicyclic) bond motifs is 1. The lowest BCUT2D eigenvalue weighted by Crippen LogP contribution is -2.12. The van der Waals surface area contributed by atoms with Crippen LogP contribution in [-0.2, 0) is 19.3 Å². The van der Waals surface area contributed by atoms with Gasteiger partial charge in [0.25, 0.3) is 5.91 Å². The fraction of sp³-hybridized carbons (Fsp3) is 0.238. The molecule has 0 saturated carbocycles. The SMILES string of the molecule is O=C(Nc1nnc(-c2ccc3c(c2)CCCC3)o1)c1ccc(CC=S)cc1. The minimum Gasteiger partial charge on any atom is -0.403 e. The van der Waals surface area contributed by atoms with Gasteiger partial charge in [0.2, 0.25) is 5.89 Å². The fourth-order valence-electron chi connectivity index (χ4n) is 3.31. The molecule has 0 fully saturated rings. The number of nitrogens with one attached hydrogen (secondary N) is 1. The molecule has 2 aromatic carbocycles. The molecule has 1 aliphatic rings. The molecular formula is C21H19N3O2S. The highest BCUT2D eigenvalue weighted by atomic mass is 32.1. The molecule has 3 aromatic rings. The van der Waals surface area contributed by atoms with Gasteiger partial charge >= 0.3 is 6.01 Å². The Balaban J connectivity index is 1.47. The summed E-state index contributed by atoms with van der Waals surface area (Å²) in [4.78, 5) is 12.4. The van der Waals surface area contributed by atoms with E-state index in [1.165, 1.54) is 24.0 Å². The normalized spacial score (nSPS) is 13.0. The van der Waals surface area contributed by atoms with Gasteiger partial charge in [0.05, 0.1) is 0 Å². The molecule has 0 aliphatic heterocycles. The molecule has 1 aromatic heterocycles. The lowest BCUT2D eigenvalue weighted by molar-refractivity contribution is 0.102. The van der Waals surface area contributed by atoms with E-state index in [0.717, 1.165) is 24.0 Å². The van der Waals surface area contributed by atoms with Crippen LogP contribution in [0.3, 0.4) is 0 Å². The first-order chi connectivity index (χ1) is 13.2. The summed E-state index contributed by atoms with van der Waals surface area (Å²) in [7, 11) is 0. The number of amides is 1. The van der Waals surface area contributed by atoms with Crippen molar-refractivity contribution in [2.24, 2.45) is 0 Å². The molecule has 5 nitrogen and oxygen atoms in total. The number of aromatic nitrogens is 2. The summed E-state index contributed by atoms with van der Waals surface area (Å²) < 4.78 is 5.64. The van der Waals surface area contributed by atoms with Crippen LogP contribution in [0.1, 0.15) is 39.9 Å². The zero-order chi connectivity index (χ0) is 18.6. The number of nitrogens with zero attached hydrogens (tertiary/aromatic N) is 2. The van der Waals surface area contributed by atoms with Gasteiger partial charge in [-0.15, -0.1) is 5.10 Å². The maximum atomic E-state index is 12.4. The van der Waals surface area contributed by atoms with E-state index < -0.39 is 0 Å². The van der Waals surface area contributed by atoms with E-state index in [0.29, 0.717) is 17.9 Å². The average molecular weight is 377 g/mol. The molecule has 0 saturated heterocycles. The molecule has 1 amide bonds. The maximum absolute atomic E-state index is 12.4. The van der Waals surface area contributed by atoms with Gasteiger partial charge in [0, 0.05) is 17.5 Å². The number of carbonyl (C=O) groups excluding carboxylic acids is 1. The van der Waals surface area contributed by atoms with E-state index in [1.54, 1.807) is 17.5 Å². The summed E-state index contributed by atoms with van der Waals surface area (Å²) in [5.41, 5.74) is 5.22. The van der Waals surface area contributed by atoms with Crippen LogP contribution in [-0.4, -0.2) is 21.5 Å². The van der Waals surface area contributed by atoms with E-state index in [9.17, 15) is 4.79 Å². The van der Waals surface area contributed by atoms with Crippen molar-refractivity contribution >= 4 is 29.5 Å². The predicted octanol–water partition coefficient (Wildman–Crippen LogP) is 4.41. The van der Waals surface area contributed by atoms with Crippen LogP contribution < -0.4 is 5.32 Å². The van der Waals surface area contributed by atoms with E-state index in [-0.39, 0.29) is 11.9 Å². The zero-order valence-electron chi connectivity index (χ0n) is 14.8. The van der Waals surface area contributed by atoms with Gasteiger partial charge in [-0.25, -0.2) is 0 Å². The van der Waals surface area contributed by atoms with Gasteiger partial charge in [0.1, 0.15) is 0 Å². The number of carbonyl (C=O) groups is 1. The second-order valence-corrected chi connectivity index (χ2v) is 6.96. The van der Waals surface area contributed by atoms with E-state index >= 15 is 0 Å². The number of aryl methyl sites for hydroxylation is 2. The Hall–Kier alpha value is -2.86. The Labute approximate surface area is 162 Å².